The Morgan fingerprint density at radius 2 is 2.12 bits per heavy atom. The third-order valence-corrected chi connectivity index (χ3v) is 7.18. The van der Waals surface area contributed by atoms with Crippen molar-refractivity contribution in [3.05, 3.63) is 35.6 Å². The van der Waals surface area contributed by atoms with Gasteiger partial charge in [0, 0.05) is 31.6 Å². The van der Waals surface area contributed by atoms with Gasteiger partial charge in [-0.2, -0.15) is 0 Å². The molecule has 1 aromatic rings. The molecule has 0 unspecified atom stereocenters. The lowest BCUT2D eigenvalue weighted by Gasteiger charge is -2.25. The molecular weight excluding hydrogens is 333 g/mol. The van der Waals surface area contributed by atoms with Crippen molar-refractivity contribution in [2.45, 2.75) is 17.8 Å². The molecule has 1 aromatic carbocycles. The molecule has 2 heterocycles. The van der Waals surface area contributed by atoms with E-state index in [2.05, 4.69) is 5.32 Å². The SMILES string of the molecule is CN(C)[C@H]1CS(=O)(=O)[C@H]2CN(C(=O)NCc3cccc(F)c3)C[C@@H]12. The molecule has 0 radical (unpaired) electrons. The predicted molar refractivity (Wildman–Crippen MR) is 88.7 cm³/mol. The van der Waals surface area contributed by atoms with Crippen molar-refractivity contribution in [3.8, 4) is 0 Å². The van der Waals surface area contributed by atoms with Gasteiger partial charge in [0.15, 0.2) is 9.84 Å². The lowest BCUT2D eigenvalue weighted by atomic mass is 10.00. The topological polar surface area (TPSA) is 69.7 Å². The van der Waals surface area contributed by atoms with E-state index in [1.165, 1.54) is 12.1 Å². The number of carbonyl (C=O) groups excluding carboxylic acids is 1. The summed E-state index contributed by atoms with van der Waals surface area (Å²) in [6.07, 6.45) is 0. The monoisotopic (exact) mass is 355 g/mol. The smallest absolute Gasteiger partial charge is 0.317 e. The molecule has 2 fully saturated rings. The summed E-state index contributed by atoms with van der Waals surface area (Å²) in [6, 6.07) is 5.67. The molecule has 6 nitrogen and oxygen atoms in total. The first-order valence-electron chi connectivity index (χ1n) is 7.93. The van der Waals surface area contributed by atoms with E-state index in [0.29, 0.717) is 12.1 Å². The third-order valence-electron chi connectivity index (χ3n) is 4.95. The molecule has 24 heavy (non-hydrogen) atoms. The Balaban J connectivity index is 1.64. The molecule has 3 rings (SSSR count). The minimum Gasteiger partial charge on any atom is -0.334 e. The number of nitrogens with zero attached hydrogens (tertiary/aromatic N) is 2. The molecule has 0 saturated carbocycles. The summed E-state index contributed by atoms with van der Waals surface area (Å²) in [5.74, 6) is -0.240. The maximum absolute atomic E-state index is 13.2. The summed E-state index contributed by atoms with van der Waals surface area (Å²) in [4.78, 5) is 15.8. The summed E-state index contributed by atoms with van der Waals surface area (Å²) in [5, 5.41) is 2.26. The van der Waals surface area contributed by atoms with E-state index >= 15 is 0 Å². The normalized spacial score (nSPS) is 28.2. The molecule has 132 valence electrons. The van der Waals surface area contributed by atoms with Crippen molar-refractivity contribution < 1.29 is 17.6 Å². The molecular formula is C16H22FN3O3S. The van der Waals surface area contributed by atoms with Crippen LogP contribution in [0.3, 0.4) is 0 Å². The number of halogens is 1. The van der Waals surface area contributed by atoms with E-state index in [1.54, 1.807) is 17.0 Å². The van der Waals surface area contributed by atoms with Gasteiger partial charge in [0.05, 0.1) is 11.0 Å². The number of benzene rings is 1. The fourth-order valence-electron chi connectivity index (χ4n) is 3.67. The van der Waals surface area contributed by atoms with Crippen LogP contribution in [0, 0.1) is 11.7 Å². The van der Waals surface area contributed by atoms with Crippen LogP contribution >= 0.6 is 0 Å². The average molecular weight is 355 g/mol. The Hall–Kier alpha value is -1.67. The minimum absolute atomic E-state index is 0.0510. The standard InChI is InChI=1S/C16H22FN3O3S/c1-19(2)14-10-24(22,23)15-9-20(8-13(14)15)16(21)18-7-11-4-3-5-12(17)6-11/h3-6,13-15H,7-10H2,1-2H3,(H,18,21)/t13-,14-,15-/m0/s1. The Labute approximate surface area is 141 Å². The molecule has 0 aliphatic carbocycles. The molecule has 8 heteroatoms. The highest BCUT2D eigenvalue weighted by Gasteiger charge is 2.53. The van der Waals surface area contributed by atoms with Gasteiger partial charge in [-0.3, -0.25) is 0 Å². The van der Waals surface area contributed by atoms with Gasteiger partial charge in [-0.1, -0.05) is 12.1 Å². The molecule has 0 aromatic heterocycles. The molecule has 0 bridgehead atoms. The Bertz CT molecular complexity index is 738. The van der Waals surface area contributed by atoms with Gasteiger partial charge in [0.1, 0.15) is 5.82 Å². The molecule has 2 aliphatic rings. The summed E-state index contributed by atoms with van der Waals surface area (Å²) < 4.78 is 37.8. The first-order valence-corrected chi connectivity index (χ1v) is 9.64. The van der Waals surface area contributed by atoms with Crippen LogP contribution < -0.4 is 5.32 Å². The van der Waals surface area contributed by atoms with Crippen LogP contribution in [0.1, 0.15) is 5.56 Å². The number of hydrogen-bond donors (Lipinski definition) is 1. The highest BCUT2D eigenvalue weighted by Crippen LogP contribution is 2.35. The fraction of sp³-hybridized carbons (Fsp3) is 0.562. The highest BCUT2D eigenvalue weighted by molar-refractivity contribution is 7.92. The number of nitrogens with one attached hydrogen (secondary N) is 1. The zero-order chi connectivity index (χ0) is 17.5. The van der Waals surface area contributed by atoms with E-state index in [-0.39, 0.29) is 42.7 Å². The van der Waals surface area contributed by atoms with E-state index in [0.717, 1.165) is 0 Å². The van der Waals surface area contributed by atoms with Crippen molar-refractivity contribution in [1.82, 2.24) is 15.1 Å². The van der Waals surface area contributed by atoms with Crippen LogP contribution in [-0.4, -0.2) is 68.5 Å². The van der Waals surface area contributed by atoms with Crippen LogP contribution in [0.25, 0.3) is 0 Å². The van der Waals surface area contributed by atoms with Crippen LogP contribution in [0.4, 0.5) is 9.18 Å². The number of amides is 2. The van der Waals surface area contributed by atoms with E-state index < -0.39 is 15.1 Å². The van der Waals surface area contributed by atoms with E-state index in [9.17, 15) is 17.6 Å². The second-order valence-corrected chi connectivity index (χ2v) is 9.02. The summed E-state index contributed by atoms with van der Waals surface area (Å²) in [7, 11) is 0.570. The molecule has 2 saturated heterocycles. The average Bonchev–Trinajstić information content (AvgIpc) is 3.05. The number of urea groups is 1. The molecule has 1 N–H and O–H groups in total. The number of hydrogen-bond acceptors (Lipinski definition) is 4. The molecule has 0 spiro atoms. The number of likely N-dealkylation sites (tertiary alicyclic amines) is 1. The molecule has 3 atom stereocenters. The second-order valence-electron chi connectivity index (χ2n) is 6.76. The Morgan fingerprint density at radius 3 is 2.79 bits per heavy atom. The zero-order valence-corrected chi connectivity index (χ0v) is 14.6. The highest BCUT2D eigenvalue weighted by atomic mass is 32.2. The first kappa shape index (κ1) is 17.2. The van der Waals surface area contributed by atoms with Gasteiger partial charge in [-0.25, -0.2) is 17.6 Å². The maximum Gasteiger partial charge on any atom is 0.317 e. The van der Waals surface area contributed by atoms with E-state index in [1.807, 2.05) is 19.0 Å². The van der Waals surface area contributed by atoms with Gasteiger partial charge in [-0.15, -0.1) is 0 Å². The summed E-state index contributed by atoms with van der Waals surface area (Å²) in [5.41, 5.74) is 0.668. The predicted octanol–water partition coefficient (Wildman–Crippen LogP) is 0.694. The number of sulfone groups is 1. The van der Waals surface area contributed by atoms with Gasteiger partial charge >= 0.3 is 6.03 Å². The van der Waals surface area contributed by atoms with Crippen molar-refractivity contribution >= 4 is 15.9 Å². The zero-order valence-electron chi connectivity index (χ0n) is 13.8. The van der Waals surface area contributed by atoms with E-state index in [4.69, 9.17) is 0 Å². The number of carbonyl (C=O) groups is 1. The lowest BCUT2D eigenvalue weighted by molar-refractivity contribution is 0.198. The summed E-state index contributed by atoms with van der Waals surface area (Å²) in [6.45, 7) is 0.875. The number of rotatable bonds is 3. The number of fused-ring (bicyclic) bond motifs is 1. The second kappa shape index (κ2) is 6.33. The van der Waals surface area contributed by atoms with Gasteiger partial charge in [-0.05, 0) is 31.8 Å². The quantitative estimate of drug-likeness (QED) is 0.866. The van der Waals surface area contributed by atoms with Gasteiger partial charge in [0.2, 0.25) is 0 Å². The lowest BCUT2D eigenvalue weighted by Crippen LogP contribution is -2.42. The summed E-state index contributed by atoms with van der Waals surface area (Å²) >= 11 is 0. The molecule has 2 amide bonds. The Kier molecular flexibility index (Phi) is 4.52. The first-order chi connectivity index (χ1) is 11.3. The van der Waals surface area contributed by atoms with Gasteiger partial charge in [0.25, 0.3) is 0 Å². The van der Waals surface area contributed by atoms with Crippen molar-refractivity contribution in [1.29, 1.82) is 0 Å². The maximum atomic E-state index is 13.2. The fourth-order valence-corrected chi connectivity index (χ4v) is 6.14. The van der Waals surface area contributed by atoms with Gasteiger partial charge < -0.3 is 15.1 Å². The van der Waals surface area contributed by atoms with Crippen LogP contribution in [0.15, 0.2) is 24.3 Å². The molecule has 2 aliphatic heterocycles. The Morgan fingerprint density at radius 1 is 1.38 bits per heavy atom. The minimum atomic E-state index is -3.17. The largest absolute Gasteiger partial charge is 0.334 e. The van der Waals surface area contributed by atoms with Crippen LogP contribution in [-0.2, 0) is 16.4 Å². The van der Waals surface area contributed by atoms with Crippen molar-refractivity contribution in [2.75, 3.05) is 32.9 Å². The van der Waals surface area contributed by atoms with Crippen molar-refractivity contribution in [2.24, 2.45) is 5.92 Å². The van der Waals surface area contributed by atoms with Crippen LogP contribution in [0.2, 0.25) is 0 Å². The third kappa shape index (κ3) is 3.25. The van der Waals surface area contributed by atoms with Crippen molar-refractivity contribution in [3.63, 3.8) is 0 Å². The van der Waals surface area contributed by atoms with Crippen LogP contribution in [0.5, 0.6) is 0 Å².